The van der Waals surface area contributed by atoms with Crippen LogP contribution in [0.4, 0.5) is 0 Å². The molecule has 0 saturated heterocycles. The highest BCUT2D eigenvalue weighted by molar-refractivity contribution is 7.09. The largest absolute Gasteiger partial charge is 0.493 e. The maximum Gasteiger partial charge on any atom is 0.252 e. The summed E-state index contributed by atoms with van der Waals surface area (Å²) in [4.78, 5) is 18.9. The first-order valence-corrected chi connectivity index (χ1v) is 10.5. The van der Waals surface area contributed by atoms with E-state index in [1.807, 2.05) is 53.9 Å². The molecule has 4 rings (SSSR count). The summed E-state index contributed by atoms with van der Waals surface area (Å²) in [6.07, 6.45) is 0. The smallest absolute Gasteiger partial charge is 0.252 e. The van der Waals surface area contributed by atoms with Gasteiger partial charge in [-0.25, -0.2) is 4.98 Å². The summed E-state index contributed by atoms with van der Waals surface area (Å²) in [6.45, 7) is 0.479. The van der Waals surface area contributed by atoms with Crippen molar-refractivity contribution >= 4 is 28.1 Å². The van der Waals surface area contributed by atoms with Gasteiger partial charge in [0.05, 0.1) is 44.6 Å². The number of rotatable bonds is 7. The Bertz CT molecular complexity index is 1200. The standard InChI is InChI=1S/C24H22N2O4S/c1-28-21-11-15(12-22(29-2)23(21)30-3)20-13-18(17-8-4-5-9-19(17)26-20)24(27)25-14-16-7-6-10-31-16/h4-13H,14H2,1-3H3,(H,25,27). The van der Waals surface area contributed by atoms with Crippen LogP contribution in [0.15, 0.2) is 60.0 Å². The Balaban J connectivity index is 1.80. The number of ether oxygens (including phenoxy) is 3. The molecule has 0 unspecified atom stereocenters. The second-order valence-corrected chi connectivity index (χ2v) is 7.78. The molecule has 0 radical (unpaired) electrons. The van der Waals surface area contributed by atoms with Crippen LogP contribution in [0.5, 0.6) is 17.2 Å². The van der Waals surface area contributed by atoms with Crippen LogP contribution in [0.3, 0.4) is 0 Å². The number of pyridine rings is 1. The number of methoxy groups -OCH3 is 3. The molecule has 0 aliphatic rings. The SMILES string of the molecule is COc1cc(-c2cc(C(=O)NCc3cccs3)c3ccccc3n2)cc(OC)c1OC. The number of carbonyl (C=O) groups is 1. The van der Waals surface area contributed by atoms with Crippen LogP contribution < -0.4 is 19.5 Å². The van der Waals surface area contributed by atoms with Crippen LogP contribution in [0.1, 0.15) is 15.2 Å². The van der Waals surface area contributed by atoms with Crippen molar-refractivity contribution in [3.63, 3.8) is 0 Å². The number of fused-ring (bicyclic) bond motifs is 1. The number of hydrogen-bond acceptors (Lipinski definition) is 6. The van der Waals surface area contributed by atoms with Crippen LogP contribution in [-0.4, -0.2) is 32.2 Å². The normalized spacial score (nSPS) is 10.7. The van der Waals surface area contributed by atoms with Crippen molar-refractivity contribution in [2.45, 2.75) is 6.54 Å². The first-order chi connectivity index (χ1) is 15.1. The number of nitrogens with one attached hydrogen (secondary N) is 1. The maximum absolute atomic E-state index is 13.1. The molecule has 2 aromatic carbocycles. The van der Waals surface area contributed by atoms with Gasteiger partial charge in [-0.1, -0.05) is 24.3 Å². The van der Waals surface area contributed by atoms with E-state index < -0.39 is 0 Å². The molecule has 158 valence electrons. The van der Waals surface area contributed by atoms with Crippen LogP contribution in [0.25, 0.3) is 22.2 Å². The van der Waals surface area contributed by atoms with E-state index in [1.165, 1.54) is 0 Å². The van der Waals surface area contributed by atoms with Gasteiger partial charge >= 0.3 is 0 Å². The third kappa shape index (κ3) is 4.18. The molecular weight excluding hydrogens is 412 g/mol. The lowest BCUT2D eigenvalue weighted by molar-refractivity contribution is 0.0953. The molecule has 2 heterocycles. The number of carbonyl (C=O) groups excluding carboxylic acids is 1. The van der Waals surface area contributed by atoms with Crippen molar-refractivity contribution in [1.82, 2.24) is 10.3 Å². The Labute approximate surface area is 184 Å². The van der Waals surface area contributed by atoms with E-state index in [0.29, 0.717) is 35.1 Å². The second kappa shape index (κ2) is 9.06. The summed E-state index contributed by atoms with van der Waals surface area (Å²) in [7, 11) is 4.70. The van der Waals surface area contributed by atoms with Crippen molar-refractivity contribution in [3.8, 4) is 28.5 Å². The van der Waals surface area contributed by atoms with E-state index in [4.69, 9.17) is 19.2 Å². The fourth-order valence-electron chi connectivity index (χ4n) is 3.42. The quantitative estimate of drug-likeness (QED) is 0.447. The fraction of sp³-hybridized carbons (Fsp3) is 0.167. The fourth-order valence-corrected chi connectivity index (χ4v) is 4.06. The van der Waals surface area contributed by atoms with Gasteiger partial charge in [0, 0.05) is 15.8 Å². The minimum absolute atomic E-state index is 0.152. The molecule has 1 N–H and O–H groups in total. The first-order valence-electron chi connectivity index (χ1n) is 9.65. The molecule has 0 aliphatic carbocycles. The maximum atomic E-state index is 13.1. The molecule has 31 heavy (non-hydrogen) atoms. The molecule has 0 fully saturated rings. The lowest BCUT2D eigenvalue weighted by atomic mass is 10.0. The van der Waals surface area contributed by atoms with Gasteiger partial charge in [0.25, 0.3) is 5.91 Å². The van der Waals surface area contributed by atoms with Gasteiger partial charge in [-0.3, -0.25) is 4.79 Å². The van der Waals surface area contributed by atoms with E-state index in [2.05, 4.69) is 5.32 Å². The lowest BCUT2D eigenvalue weighted by Gasteiger charge is -2.15. The molecule has 7 heteroatoms. The van der Waals surface area contributed by atoms with Gasteiger partial charge in [-0.15, -0.1) is 11.3 Å². The van der Waals surface area contributed by atoms with Crippen molar-refractivity contribution in [1.29, 1.82) is 0 Å². The highest BCUT2D eigenvalue weighted by Crippen LogP contribution is 2.41. The van der Waals surface area contributed by atoms with E-state index in [1.54, 1.807) is 38.7 Å². The average Bonchev–Trinajstić information content (AvgIpc) is 3.34. The second-order valence-electron chi connectivity index (χ2n) is 6.75. The van der Waals surface area contributed by atoms with Crippen LogP contribution in [0, 0.1) is 0 Å². The van der Waals surface area contributed by atoms with E-state index in [-0.39, 0.29) is 5.91 Å². The highest BCUT2D eigenvalue weighted by atomic mass is 32.1. The molecule has 6 nitrogen and oxygen atoms in total. The monoisotopic (exact) mass is 434 g/mol. The molecule has 2 aromatic heterocycles. The zero-order valence-corrected chi connectivity index (χ0v) is 18.3. The van der Waals surface area contributed by atoms with Crippen molar-refractivity contribution in [2.75, 3.05) is 21.3 Å². The Morgan fingerprint density at radius 1 is 0.968 bits per heavy atom. The lowest BCUT2D eigenvalue weighted by Crippen LogP contribution is -2.22. The zero-order valence-electron chi connectivity index (χ0n) is 17.5. The van der Waals surface area contributed by atoms with Gasteiger partial charge in [-0.2, -0.15) is 0 Å². The molecule has 0 bridgehead atoms. The highest BCUT2D eigenvalue weighted by Gasteiger charge is 2.18. The summed E-state index contributed by atoms with van der Waals surface area (Å²) in [6, 6.07) is 17.0. The Morgan fingerprint density at radius 3 is 2.35 bits per heavy atom. The number of amides is 1. The topological polar surface area (TPSA) is 69.7 Å². The van der Waals surface area contributed by atoms with Gasteiger partial charge in [0.1, 0.15) is 0 Å². The summed E-state index contributed by atoms with van der Waals surface area (Å²) in [5, 5.41) is 5.80. The third-order valence-electron chi connectivity index (χ3n) is 4.92. The van der Waals surface area contributed by atoms with Crippen LogP contribution in [-0.2, 0) is 6.54 Å². The molecular formula is C24H22N2O4S. The predicted octanol–water partition coefficient (Wildman–Crippen LogP) is 4.92. The van der Waals surface area contributed by atoms with Crippen molar-refractivity contribution < 1.29 is 19.0 Å². The molecule has 0 aliphatic heterocycles. The van der Waals surface area contributed by atoms with Crippen molar-refractivity contribution in [3.05, 3.63) is 70.4 Å². The summed E-state index contributed by atoms with van der Waals surface area (Å²) in [5.74, 6) is 1.40. The minimum Gasteiger partial charge on any atom is -0.493 e. The number of para-hydroxylation sites is 1. The number of nitrogens with zero attached hydrogens (tertiary/aromatic N) is 1. The minimum atomic E-state index is -0.152. The molecule has 0 spiro atoms. The Hall–Kier alpha value is -3.58. The number of hydrogen-bond donors (Lipinski definition) is 1. The number of aromatic nitrogens is 1. The molecule has 4 aromatic rings. The van der Waals surface area contributed by atoms with Gasteiger partial charge in [0.2, 0.25) is 5.75 Å². The van der Waals surface area contributed by atoms with Crippen molar-refractivity contribution in [2.24, 2.45) is 0 Å². The molecule has 1 amide bonds. The number of benzene rings is 2. The van der Waals surface area contributed by atoms with Gasteiger partial charge in [0.15, 0.2) is 11.5 Å². The van der Waals surface area contributed by atoms with Gasteiger partial charge in [-0.05, 0) is 35.7 Å². The van der Waals surface area contributed by atoms with Crippen LogP contribution >= 0.6 is 11.3 Å². The summed E-state index contributed by atoms with van der Waals surface area (Å²) in [5.41, 5.74) is 2.69. The van der Waals surface area contributed by atoms with E-state index in [0.717, 1.165) is 21.3 Å². The third-order valence-corrected chi connectivity index (χ3v) is 5.80. The summed E-state index contributed by atoms with van der Waals surface area (Å²) >= 11 is 1.61. The molecule has 0 saturated carbocycles. The number of thiophene rings is 1. The predicted molar refractivity (Wildman–Crippen MR) is 122 cm³/mol. The van der Waals surface area contributed by atoms with E-state index >= 15 is 0 Å². The Kier molecular flexibility index (Phi) is 6.04. The Morgan fingerprint density at radius 2 is 1.71 bits per heavy atom. The van der Waals surface area contributed by atoms with Gasteiger partial charge < -0.3 is 19.5 Å². The van der Waals surface area contributed by atoms with E-state index in [9.17, 15) is 4.79 Å². The summed E-state index contributed by atoms with van der Waals surface area (Å²) < 4.78 is 16.4. The molecule has 0 atom stereocenters. The first kappa shape index (κ1) is 20.7. The average molecular weight is 435 g/mol. The van der Waals surface area contributed by atoms with Crippen LogP contribution in [0.2, 0.25) is 0 Å². The zero-order chi connectivity index (χ0) is 21.8.